The third kappa shape index (κ3) is 8.09. The lowest BCUT2D eigenvalue weighted by molar-refractivity contribution is 0.0276. The van der Waals surface area contributed by atoms with Crippen LogP contribution in [0.4, 0.5) is 0 Å². The highest BCUT2D eigenvalue weighted by molar-refractivity contribution is 7.14. The van der Waals surface area contributed by atoms with Crippen LogP contribution in [0.25, 0.3) is 0 Å². The highest BCUT2D eigenvalue weighted by Crippen LogP contribution is 2.22. The van der Waals surface area contributed by atoms with E-state index in [-0.39, 0.29) is 18.4 Å². The number of para-hydroxylation sites is 1. The highest BCUT2D eigenvalue weighted by Gasteiger charge is 2.22. The van der Waals surface area contributed by atoms with Crippen molar-refractivity contribution in [2.45, 2.75) is 44.9 Å². The average Bonchev–Trinajstić information content (AvgIpc) is 3.31. The number of hydrogen-bond acceptors (Lipinski definition) is 6. The number of ether oxygens (including phenoxy) is 1. The number of rotatable bonds is 13. The van der Waals surface area contributed by atoms with E-state index in [1.54, 1.807) is 6.92 Å². The van der Waals surface area contributed by atoms with Crippen LogP contribution in [-0.2, 0) is 6.42 Å². The van der Waals surface area contributed by atoms with Gasteiger partial charge in [0.2, 0.25) is 0 Å². The summed E-state index contributed by atoms with van der Waals surface area (Å²) in [6.07, 6.45) is 0.350. The molecule has 0 amide bonds. The molecule has 0 fully saturated rings. The van der Waals surface area contributed by atoms with Crippen molar-refractivity contribution in [1.82, 2.24) is 4.90 Å². The van der Waals surface area contributed by atoms with Gasteiger partial charge >= 0.3 is 0 Å². The van der Waals surface area contributed by atoms with Crippen LogP contribution in [0.1, 0.15) is 46.5 Å². The van der Waals surface area contributed by atoms with Crippen LogP contribution in [0.3, 0.4) is 0 Å². The Bertz CT molecular complexity index is 976. The predicted octanol–water partition coefficient (Wildman–Crippen LogP) is 4.75. The first-order chi connectivity index (χ1) is 15.9. The molecule has 1 heterocycles. The summed E-state index contributed by atoms with van der Waals surface area (Å²) in [4.78, 5) is 15.7. The van der Waals surface area contributed by atoms with Crippen LogP contribution in [-0.4, -0.2) is 52.7 Å². The van der Waals surface area contributed by atoms with Gasteiger partial charge < -0.3 is 14.9 Å². The van der Waals surface area contributed by atoms with E-state index in [9.17, 15) is 15.0 Å². The molecule has 2 aromatic carbocycles. The molecule has 0 radical (unpaired) electrons. The molecule has 0 saturated carbocycles. The molecule has 0 spiro atoms. The lowest BCUT2D eigenvalue weighted by Crippen LogP contribution is -2.43. The SMILES string of the molecule is CC(=O)c1ccc(CC[C@H](C)N(C[C@H](O)COc2ccccc2)C[C@@H](O)c2ccccc2)s1. The number of carbonyl (C=O) groups excluding carboxylic acids is 1. The van der Waals surface area contributed by atoms with Crippen molar-refractivity contribution in [2.75, 3.05) is 19.7 Å². The summed E-state index contributed by atoms with van der Waals surface area (Å²) in [5.74, 6) is 0.813. The number of Topliss-reactive ketones (excluding diaryl/α,β-unsaturated/α-hetero) is 1. The van der Waals surface area contributed by atoms with Gasteiger partial charge in [-0.1, -0.05) is 48.5 Å². The first kappa shape index (κ1) is 25.1. The van der Waals surface area contributed by atoms with Crippen LogP contribution >= 0.6 is 11.3 Å². The van der Waals surface area contributed by atoms with E-state index in [2.05, 4.69) is 11.8 Å². The Labute approximate surface area is 200 Å². The number of aryl methyl sites for hydroxylation is 1. The Kier molecular flexibility index (Phi) is 9.63. The average molecular weight is 468 g/mol. The fourth-order valence-electron chi connectivity index (χ4n) is 3.70. The van der Waals surface area contributed by atoms with Gasteiger partial charge in [0.15, 0.2) is 5.78 Å². The van der Waals surface area contributed by atoms with Gasteiger partial charge in [-0.2, -0.15) is 0 Å². The van der Waals surface area contributed by atoms with E-state index < -0.39 is 12.2 Å². The molecule has 0 aliphatic heterocycles. The van der Waals surface area contributed by atoms with Crippen molar-refractivity contribution in [1.29, 1.82) is 0 Å². The Morgan fingerprint density at radius 1 is 0.970 bits per heavy atom. The maximum Gasteiger partial charge on any atom is 0.169 e. The Morgan fingerprint density at radius 3 is 2.27 bits per heavy atom. The maximum atomic E-state index is 11.6. The van der Waals surface area contributed by atoms with Gasteiger partial charge in [0.25, 0.3) is 0 Å². The monoisotopic (exact) mass is 467 g/mol. The molecule has 33 heavy (non-hydrogen) atoms. The van der Waals surface area contributed by atoms with Crippen LogP contribution < -0.4 is 4.74 Å². The van der Waals surface area contributed by atoms with Gasteiger partial charge in [-0.05, 0) is 56.5 Å². The van der Waals surface area contributed by atoms with E-state index in [1.807, 2.05) is 72.8 Å². The number of nitrogens with zero attached hydrogens (tertiary/aromatic N) is 1. The molecule has 176 valence electrons. The second-order valence-corrected chi connectivity index (χ2v) is 9.54. The molecule has 0 saturated heterocycles. The Hall–Kier alpha value is -2.51. The maximum absolute atomic E-state index is 11.6. The number of benzene rings is 2. The molecule has 1 aromatic heterocycles. The smallest absolute Gasteiger partial charge is 0.169 e. The van der Waals surface area contributed by atoms with Gasteiger partial charge in [0.1, 0.15) is 18.5 Å². The van der Waals surface area contributed by atoms with Gasteiger partial charge in [-0.3, -0.25) is 9.69 Å². The first-order valence-corrected chi connectivity index (χ1v) is 12.2. The summed E-state index contributed by atoms with van der Waals surface area (Å²) in [7, 11) is 0. The first-order valence-electron chi connectivity index (χ1n) is 11.3. The topological polar surface area (TPSA) is 70.0 Å². The number of aliphatic hydroxyl groups excluding tert-OH is 2. The lowest BCUT2D eigenvalue weighted by atomic mass is 10.1. The molecule has 5 nitrogen and oxygen atoms in total. The number of aliphatic hydroxyl groups is 2. The largest absolute Gasteiger partial charge is 0.491 e. The molecule has 3 aromatic rings. The van der Waals surface area contributed by atoms with Crippen molar-refractivity contribution in [3.63, 3.8) is 0 Å². The third-order valence-electron chi connectivity index (χ3n) is 5.66. The summed E-state index contributed by atoms with van der Waals surface area (Å²) in [6.45, 7) is 4.69. The zero-order chi connectivity index (χ0) is 23.6. The highest BCUT2D eigenvalue weighted by atomic mass is 32.1. The summed E-state index contributed by atoms with van der Waals surface area (Å²) in [6, 6.07) is 23.0. The van der Waals surface area contributed by atoms with Crippen molar-refractivity contribution in [2.24, 2.45) is 0 Å². The zero-order valence-electron chi connectivity index (χ0n) is 19.3. The zero-order valence-corrected chi connectivity index (χ0v) is 20.1. The van der Waals surface area contributed by atoms with Gasteiger partial charge in [-0.25, -0.2) is 0 Å². The van der Waals surface area contributed by atoms with E-state index in [0.717, 1.165) is 29.0 Å². The van der Waals surface area contributed by atoms with Gasteiger partial charge in [0, 0.05) is 24.0 Å². The van der Waals surface area contributed by atoms with Gasteiger partial charge in [-0.15, -0.1) is 11.3 Å². The molecular formula is C27H33NO4S. The number of carbonyl (C=O) groups is 1. The molecular weight excluding hydrogens is 434 g/mol. The molecule has 2 N–H and O–H groups in total. The molecule has 0 unspecified atom stereocenters. The van der Waals surface area contributed by atoms with E-state index in [4.69, 9.17) is 4.74 Å². The molecule has 0 bridgehead atoms. The summed E-state index contributed by atoms with van der Waals surface area (Å²) in [5.41, 5.74) is 0.856. The molecule has 6 heteroatoms. The van der Waals surface area contributed by atoms with Crippen molar-refractivity contribution < 1.29 is 19.7 Å². The second-order valence-electron chi connectivity index (χ2n) is 8.37. The van der Waals surface area contributed by atoms with Crippen LogP contribution in [0.5, 0.6) is 5.75 Å². The minimum atomic E-state index is -0.693. The normalized spacial score (nSPS) is 14.1. The number of ketones is 1. The molecule has 0 aliphatic rings. The fraction of sp³-hybridized carbons (Fsp3) is 0.370. The van der Waals surface area contributed by atoms with E-state index >= 15 is 0 Å². The minimum absolute atomic E-state index is 0.0912. The van der Waals surface area contributed by atoms with Gasteiger partial charge in [0.05, 0.1) is 11.0 Å². The van der Waals surface area contributed by atoms with Crippen LogP contribution in [0.2, 0.25) is 0 Å². The molecule has 3 atom stereocenters. The standard InChI is InChI=1S/C27H33NO4S/c1-20(13-14-25-15-16-27(33-25)21(2)29)28(18-26(31)22-9-5-3-6-10-22)17-23(30)19-32-24-11-7-4-8-12-24/h3-12,15-16,20,23,26,30-31H,13-14,17-19H2,1-2H3/t20-,23-,26+/m0/s1. The third-order valence-corrected chi connectivity index (χ3v) is 6.91. The van der Waals surface area contributed by atoms with Crippen LogP contribution in [0, 0.1) is 0 Å². The van der Waals surface area contributed by atoms with Crippen molar-refractivity contribution in [3.05, 3.63) is 88.1 Å². The second kappa shape index (κ2) is 12.7. The Morgan fingerprint density at radius 2 is 1.64 bits per heavy atom. The fourth-order valence-corrected chi connectivity index (χ4v) is 4.62. The molecule has 3 rings (SSSR count). The number of hydrogen-bond donors (Lipinski definition) is 2. The summed E-state index contributed by atoms with van der Waals surface area (Å²) < 4.78 is 5.72. The van der Waals surface area contributed by atoms with E-state index in [1.165, 1.54) is 16.2 Å². The quantitative estimate of drug-likeness (QED) is 0.355. The van der Waals surface area contributed by atoms with Crippen LogP contribution in [0.15, 0.2) is 72.8 Å². The Balaban J connectivity index is 1.61. The van der Waals surface area contributed by atoms with Crippen molar-refractivity contribution >= 4 is 17.1 Å². The van der Waals surface area contributed by atoms with Crippen molar-refractivity contribution in [3.8, 4) is 5.75 Å². The lowest BCUT2D eigenvalue weighted by Gasteiger charge is -2.32. The summed E-state index contributed by atoms with van der Waals surface area (Å²) >= 11 is 1.54. The van der Waals surface area contributed by atoms with E-state index in [0.29, 0.717) is 13.1 Å². The molecule has 0 aliphatic carbocycles. The number of thiophene rings is 1. The summed E-state index contributed by atoms with van der Waals surface area (Å²) in [5, 5.41) is 21.5. The predicted molar refractivity (Wildman–Crippen MR) is 133 cm³/mol. The minimum Gasteiger partial charge on any atom is -0.491 e.